The second-order valence-electron chi connectivity index (χ2n) is 3.01. The van der Waals surface area contributed by atoms with Gasteiger partial charge in [-0.15, -0.1) is 0 Å². The molecule has 4 nitrogen and oxygen atoms in total. The van der Waals surface area contributed by atoms with E-state index in [1.54, 1.807) is 0 Å². The molecule has 0 saturated carbocycles. The van der Waals surface area contributed by atoms with Crippen molar-refractivity contribution in [2.24, 2.45) is 10.9 Å². The average Bonchev–Trinajstić information content (AvgIpc) is 2.04. The summed E-state index contributed by atoms with van der Waals surface area (Å²) >= 11 is 0. The highest BCUT2D eigenvalue weighted by atomic mass is 15.0. The zero-order valence-corrected chi connectivity index (χ0v) is 6.86. The Morgan fingerprint density at radius 3 is 3.17 bits per heavy atom. The molecule has 62 valence electrons. The molecule has 0 spiro atoms. The third-order valence-corrected chi connectivity index (χ3v) is 1.90. The van der Waals surface area contributed by atoms with Gasteiger partial charge in [0, 0.05) is 6.21 Å². The van der Waals surface area contributed by atoms with Gasteiger partial charge in [-0.3, -0.25) is 4.99 Å². The van der Waals surface area contributed by atoms with Crippen LogP contribution in [0.25, 0.3) is 0 Å². The second-order valence-corrected chi connectivity index (χ2v) is 3.01. The van der Waals surface area contributed by atoms with Gasteiger partial charge < -0.3 is 5.73 Å². The molecule has 1 unspecified atom stereocenters. The molecule has 2 rings (SSSR count). The first-order chi connectivity index (χ1) is 5.77. The van der Waals surface area contributed by atoms with Crippen molar-refractivity contribution in [3.05, 3.63) is 12.0 Å². The third-order valence-electron chi connectivity index (χ3n) is 1.90. The highest BCUT2D eigenvalue weighted by Crippen LogP contribution is 2.27. The SMILES string of the molecule is CC1C=Nc2c(N)ncnc2C1. The number of nitrogen functional groups attached to an aromatic ring is 1. The minimum Gasteiger partial charge on any atom is -0.382 e. The molecule has 1 aliphatic heterocycles. The molecule has 0 saturated heterocycles. The summed E-state index contributed by atoms with van der Waals surface area (Å²) in [5.74, 6) is 0.926. The maximum absolute atomic E-state index is 5.62. The van der Waals surface area contributed by atoms with Crippen LogP contribution in [0.15, 0.2) is 11.3 Å². The fourth-order valence-corrected chi connectivity index (χ4v) is 1.28. The zero-order valence-electron chi connectivity index (χ0n) is 6.86. The quantitative estimate of drug-likeness (QED) is 0.617. The molecule has 0 amide bonds. The summed E-state index contributed by atoms with van der Waals surface area (Å²) < 4.78 is 0. The summed E-state index contributed by atoms with van der Waals surface area (Å²) in [5.41, 5.74) is 7.32. The molecule has 0 aromatic carbocycles. The van der Waals surface area contributed by atoms with E-state index in [-0.39, 0.29) is 0 Å². The van der Waals surface area contributed by atoms with E-state index in [0.717, 1.165) is 17.8 Å². The van der Waals surface area contributed by atoms with Gasteiger partial charge in [0.05, 0.1) is 5.69 Å². The fraction of sp³-hybridized carbons (Fsp3) is 0.375. The third kappa shape index (κ3) is 1.05. The zero-order chi connectivity index (χ0) is 8.55. The van der Waals surface area contributed by atoms with Gasteiger partial charge in [0.25, 0.3) is 0 Å². The van der Waals surface area contributed by atoms with Gasteiger partial charge in [0.2, 0.25) is 0 Å². The average molecular weight is 162 g/mol. The van der Waals surface area contributed by atoms with Gasteiger partial charge in [-0.25, -0.2) is 9.97 Å². The Hall–Kier alpha value is -1.45. The lowest BCUT2D eigenvalue weighted by atomic mass is 10.0. The van der Waals surface area contributed by atoms with Gasteiger partial charge in [0.15, 0.2) is 5.82 Å². The summed E-state index contributed by atoms with van der Waals surface area (Å²) in [6, 6.07) is 0. The number of aliphatic imine (C=N–C) groups is 1. The summed E-state index contributed by atoms with van der Waals surface area (Å²) in [6.07, 6.45) is 4.29. The highest BCUT2D eigenvalue weighted by molar-refractivity contribution is 5.74. The molecule has 1 aliphatic rings. The number of nitrogens with zero attached hydrogens (tertiary/aromatic N) is 3. The van der Waals surface area contributed by atoms with Crippen molar-refractivity contribution in [3.8, 4) is 0 Å². The van der Waals surface area contributed by atoms with Crippen molar-refractivity contribution in [3.63, 3.8) is 0 Å². The summed E-state index contributed by atoms with van der Waals surface area (Å²) in [6.45, 7) is 2.10. The van der Waals surface area contributed by atoms with E-state index in [9.17, 15) is 0 Å². The summed E-state index contributed by atoms with van der Waals surface area (Å²) in [5, 5.41) is 0. The lowest BCUT2D eigenvalue weighted by Gasteiger charge is -2.13. The second kappa shape index (κ2) is 2.55. The van der Waals surface area contributed by atoms with E-state index >= 15 is 0 Å². The Bertz CT molecular complexity index is 332. The van der Waals surface area contributed by atoms with Crippen molar-refractivity contribution >= 4 is 17.7 Å². The van der Waals surface area contributed by atoms with E-state index in [0.29, 0.717) is 11.7 Å². The van der Waals surface area contributed by atoms with Crippen LogP contribution in [0.1, 0.15) is 12.6 Å². The van der Waals surface area contributed by atoms with Crippen molar-refractivity contribution in [2.45, 2.75) is 13.3 Å². The Morgan fingerprint density at radius 1 is 1.50 bits per heavy atom. The normalized spacial score (nSPS) is 20.6. The van der Waals surface area contributed by atoms with E-state index in [1.807, 2.05) is 6.21 Å². The lowest BCUT2D eigenvalue weighted by Crippen LogP contribution is -2.09. The molecule has 4 heteroatoms. The number of rotatable bonds is 0. The number of fused-ring (bicyclic) bond motifs is 1. The monoisotopic (exact) mass is 162 g/mol. The first-order valence-electron chi connectivity index (χ1n) is 3.91. The van der Waals surface area contributed by atoms with Gasteiger partial charge >= 0.3 is 0 Å². The van der Waals surface area contributed by atoms with Crippen LogP contribution in [-0.4, -0.2) is 16.2 Å². The molecule has 1 aromatic rings. The molecule has 0 radical (unpaired) electrons. The first kappa shape index (κ1) is 7.21. The number of nitrogens with two attached hydrogens (primary N) is 1. The van der Waals surface area contributed by atoms with Crippen LogP contribution in [0.2, 0.25) is 0 Å². The fourth-order valence-electron chi connectivity index (χ4n) is 1.28. The van der Waals surface area contributed by atoms with Crippen molar-refractivity contribution in [2.75, 3.05) is 5.73 Å². The molecule has 1 aromatic heterocycles. The molecule has 0 aliphatic carbocycles. The lowest BCUT2D eigenvalue weighted by molar-refractivity contribution is 0.746. The number of hydrogen-bond acceptors (Lipinski definition) is 4. The predicted octanol–water partition coefficient (Wildman–Crippen LogP) is 0.953. The van der Waals surface area contributed by atoms with Gasteiger partial charge in [-0.05, 0) is 12.3 Å². The van der Waals surface area contributed by atoms with Gasteiger partial charge in [0.1, 0.15) is 12.0 Å². The molecular weight excluding hydrogens is 152 g/mol. The number of hydrogen-bond donors (Lipinski definition) is 1. The number of anilines is 1. The van der Waals surface area contributed by atoms with Crippen LogP contribution in [0.4, 0.5) is 11.5 Å². The molecule has 0 bridgehead atoms. The van der Waals surface area contributed by atoms with Gasteiger partial charge in [-0.1, -0.05) is 6.92 Å². The minimum absolute atomic E-state index is 0.451. The molecule has 2 heterocycles. The maximum atomic E-state index is 5.62. The van der Waals surface area contributed by atoms with Crippen LogP contribution >= 0.6 is 0 Å². The van der Waals surface area contributed by atoms with Crippen molar-refractivity contribution < 1.29 is 0 Å². The highest BCUT2D eigenvalue weighted by Gasteiger charge is 2.14. The van der Waals surface area contributed by atoms with E-state index in [2.05, 4.69) is 21.9 Å². The first-order valence-corrected chi connectivity index (χ1v) is 3.91. The Kier molecular flexibility index (Phi) is 1.53. The molecule has 2 N–H and O–H groups in total. The van der Waals surface area contributed by atoms with E-state index < -0.39 is 0 Å². The summed E-state index contributed by atoms with van der Waals surface area (Å²) in [7, 11) is 0. The largest absolute Gasteiger partial charge is 0.382 e. The van der Waals surface area contributed by atoms with E-state index in [4.69, 9.17) is 5.73 Å². The topological polar surface area (TPSA) is 64.2 Å². The number of aromatic nitrogens is 2. The Balaban J connectivity index is 2.53. The van der Waals surface area contributed by atoms with Crippen molar-refractivity contribution in [1.29, 1.82) is 0 Å². The Morgan fingerprint density at radius 2 is 2.33 bits per heavy atom. The van der Waals surface area contributed by atoms with Crippen molar-refractivity contribution in [1.82, 2.24) is 9.97 Å². The van der Waals surface area contributed by atoms with E-state index in [1.165, 1.54) is 6.33 Å². The molecule has 0 fully saturated rings. The predicted molar refractivity (Wildman–Crippen MR) is 47.5 cm³/mol. The molecule has 1 atom stereocenters. The van der Waals surface area contributed by atoms with Crippen LogP contribution in [0.3, 0.4) is 0 Å². The van der Waals surface area contributed by atoms with Crippen LogP contribution < -0.4 is 5.73 Å². The smallest absolute Gasteiger partial charge is 0.153 e. The Labute approximate surface area is 70.6 Å². The standard InChI is InChI=1S/C8H10N4/c1-5-2-6-7(10-3-5)8(9)12-4-11-6/h3-5H,2H2,1H3,(H2,9,11,12). The maximum Gasteiger partial charge on any atom is 0.153 e. The summed E-state index contributed by atoms with van der Waals surface area (Å²) in [4.78, 5) is 12.2. The van der Waals surface area contributed by atoms with Gasteiger partial charge in [-0.2, -0.15) is 0 Å². The van der Waals surface area contributed by atoms with Crippen LogP contribution in [-0.2, 0) is 6.42 Å². The van der Waals surface area contributed by atoms with Crippen LogP contribution in [0, 0.1) is 5.92 Å². The van der Waals surface area contributed by atoms with Crippen LogP contribution in [0.5, 0.6) is 0 Å². The minimum atomic E-state index is 0.451. The molecular formula is C8H10N4. The molecule has 12 heavy (non-hydrogen) atoms.